The SMILES string of the molecule is C=CCCC1C(=O)C(C)(C)C(O)CC(=O)NC(C(F)=Cc2csc(C)n2)CC2OC2(C)CCCC(C)C1O. The van der Waals surface area contributed by atoms with E-state index in [-0.39, 0.29) is 30.6 Å². The third kappa shape index (κ3) is 7.37. The summed E-state index contributed by atoms with van der Waals surface area (Å²) in [6.45, 7) is 12.7. The molecule has 3 rings (SSSR count). The van der Waals surface area contributed by atoms with Gasteiger partial charge in [-0.2, -0.15) is 0 Å². The van der Waals surface area contributed by atoms with E-state index in [1.807, 2.05) is 20.8 Å². The van der Waals surface area contributed by atoms with Crippen molar-refractivity contribution in [2.45, 2.75) is 110 Å². The van der Waals surface area contributed by atoms with Gasteiger partial charge in [0.1, 0.15) is 11.6 Å². The van der Waals surface area contributed by atoms with Gasteiger partial charge in [-0.3, -0.25) is 9.59 Å². The number of fused-ring (bicyclic) bond motifs is 1. The predicted molar refractivity (Wildman–Crippen MR) is 147 cm³/mol. The molecule has 1 amide bonds. The van der Waals surface area contributed by atoms with E-state index in [2.05, 4.69) is 16.9 Å². The maximum atomic E-state index is 15.4. The summed E-state index contributed by atoms with van der Waals surface area (Å²) in [4.78, 5) is 31.0. The number of ketones is 1. The molecule has 2 aliphatic heterocycles. The first-order valence-corrected chi connectivity index (χ1v) is 14.4. The number of rotatable bonds is 5. The van der Waals surface area contributed by atoms with Crippen LogP contribution in [0.4, 0.5) is 4.39 Å². The van der Waals surface area contributed by atoms with E-state index in [9.17, 15) is 19.8 Å². The fraction of sp³-hybridized carbons (Fsp3) is 0.690. The number of ether oxygens (including phenoxy) is 1. The molecule has 7 unspecified atom stereocenters. The Morgan fingerprint density at radius 2 is 2.05 bits per heavy atom. The summed E-state index contributed by atoms with van der Waals surface area (Å²) in [5.74, 6) is -2.22. The van der Waals surface area contributed by atoms with Crippen LogP contribution in [0.15, 0.2) is 23.9 Å². The molecule has 9 heteroatoms. The van der Waals surface area contributed by atoms with Gasteiger partial charge in [-0.1, -0.05) is 33.3 Å². The van der Waals surface area contributed by atoms with Gasteiger partial charge in [-0.15, -0.1) is 17.9 Å². The van der Waals surface area contributed by atoms with Gasteiger partial charge in [0.05, 0.1) is 52.5 Å². The normalized spacial score (nSPS) is 35.3. The zero-order valence-corrected chi connectivity index (χ0v) is 24.0. The molecule has 7 nitrogen and oxygen atoms in total. The highest BCUT2D eigenvalue weighted by molar-refractivity contribution is 7.09. The minimum Gasteiger partial charge on any atom is -0.392 e. The van der Waals surface area contributed by atoms with Gasteiger partial charge in [-0.25, -0.2) is 9.37 Å². The van der Waals surface area contributed by atoms with Crippen LogP contribution in [-0.2, 0) is 14.3 Å². The molecule has 0 radical (unpaired) electrons. The van der Waals surface area contributed by atoms with Crippen LogP contribution >= 0.6 is 11.3 Å². The van der Waals surface area contributed by atoms with Crippen molar-refractivity contribution in [3.05, 3.63) is 34.6 Å². The average Bonchev–Trinajstić information content (AvgIpc) is 3.29. The number of Topliss-reactive ketones (excluding diaryl/α,β-unsaturated/α-hetero) is 1. The van der Waals surface area contributed by atoms with Crippen LogP contribution in [0.5, 0.6) is 0 Å². The van der Waals surface area contributed by atoms with Crippen molar-refractivity contribution in [1.29, 1.82) is 0 Å². The number of nitrogens with zero attached hydrogens (tertiary/aromatic N) is 1. The zero-order valence-electron chi connectivity index (χ0n) is 23.2. The van der Waals surface area contributed by atoms with Crippen LogP contribution in [0, 0.1) is 24.2 Å². The second-order valence-electron chi connectivity index (χ2n) is 11.7. The standard InChI is InChI=1S/C29H43FN2O5S/c1-7-8-11-20-26(35)17(2)10-9-12-29(6)24(37-29)14-22(21(30)13-19-16-38-18(3)31-19)32-25(34)15-23(33)28(4,5)27(20)36/h7,13,16-17,20,22-24,26,33,35H,1,8-12,14-15H2,2-6H3,(H,32,34). The third-order valence-corrected chi connectivity index (χ3v) is 9.06. The number of carbonyl (C=O) groups is 2. The molecule has 2 fully saturated rings. The molecule has 212 valence electrons. The predicted octanol–water partition coefficient (Wildman–Crippen LogP) is 4.90. The highest BCUT2D eigenvalue weighted by Gasteiger charge is 2.53. The van der Waals surface area contributed by atoms with Gasteiger partial charge in [0.2, 0.25) is 5.91 Å². The lowest BCUT2D eigenvalue weighted by atomic mass is 9.71. The number of hydrogen-bond acceptors (Lipinski definition) is 7. The summed E-state index contributed by atoms with van der Waals surface area (Å²) in [6, 6.07) is -0.948. The number of aliphatic hydroxyl groups is 2. The number of aliphatic hydroxyl groups excluding tert-OH is 2. The molecule has 2 saturated heterocycles. The number of epoxide rings is 1. The maximum Gasteiger partial charge on any atom is 0.223 e. The van der Waals surface area contributed by atoms with E-state index >= 15 is 4.39 Å². The Morgan fingerprint density at radius 3 is 2.68 bits per heavy atom. The molecule has 0 aromatic carbocycles. The molecule has 2 aliphatic rings. The fourth-order valence-corrected chi connectivity index (χ4v) is 5.94. The lowest BCUT2D eigenvalue weighted by Gasteiger charge is -2.36. The van der Waals surface area contributed by atoms with E-state index in [4.69, 9.17) is 4.74 Å². The first-order valence-electron chi connectivity index (χ1n) is 13.6. The molecule has 7 atom stereocenters. The van der Waals surface area contributed by atoms with Gasteiger partial charge in [0, 0.05) is 17.7 Å². The van der Waals surface area contributed by atoms with Crippen LogP contribution in [0.25, 0.3) is 6.08 Å². The van der Waals surface area contributed by atoms with Crippen LogP contribution in [0.1, 0.15) is 83.3 Å². The van der Waals surface area contributed by atoms with Crippen molar-refractivity contribution in [2.24, 2.45) is 17.3 Å². The molecular formula is C29H43FN2O5S. The quantitative estimate of drug-likeness (QED) is 0.355. The van der Waals surface area contributed by atoms with Gasteiger partial charge >= 0.3 is 0 Å². The van der Waals surface area contributed by atoms with Gasteiger partial charge < -0.3 is 20.3 Å². The van der Waals surface area contributed by atoms with E-state index in [0.29, 0.717) is 25.0 Å². The first-order chi connectivity index (χ1) is 17.8. The molecule has 1 aromatic heterocycles. The van der Waals surface area contributed by atoms with E-state index in [0.717, 1.165) is 17.8 Å². The van der Waals surface area contributed by atoms with Gasteiger partial charge in [-0.05, 0) is 51.5 Å². The minimum absolute atomic E-state index is 0.145. The molecule has 0 bridgehead atoms. The average molecular weight is 551 g/mol. The molecule has 1 aromatic rings. The molecule has 0 aliphatic carbocycles. The van der Waals surface area contributed by atoms with Crippen molar-refractivity contribution in [3.8, 4) is 0 Å². The Kier molecular flexibility index (Phi) is 10.1. The summed E-state index contributed by atoms with van der Waals surface area (Å²) < 4.78 is 21.4. The molecular weight excluding hydrogens is 507 g/mol. The van der Waals surface area contributed by atoms with Crippen molar-refractivity contribution in [2.75, 3.05) is 0 Å². The van der Waals surface area contributed by atoms with Gasteiger partial charge in [0.15, 0.2) is 0 Å². The summed E-state index contributed by atoms with van der Waals surface area (Å²) >= 11 is 1.41. The Bertz CT molecular complexity index is 1040. The Morgan fingerprint density at radius 1 is 1.34 bits per heavy atom. The van der Waals surface area contributed by atoms with E-state index < -0.39 is 46.9 Å². The Labute approximate surface area is 229 Å². The summed E-state index contributed by atoms with van der Waals surface area (Å²) in [5, 5.41) is 27.5. The van der Waals surface area contributed by atoms with Crippen molar-refractivity contribution < 1.29 is 28.9 Å². The van der Waals surface area contributed by atoms with Crippen LogP contribution in [0.3, 0.4) is 0 Å². The van der Waals surface area contributed by atoms with E-state index in [1.165, 1.54) is 17.4 Å². The molecule has 0 saturated carbocycles. The Hall–Kier alpha value is -1.94. The van der Waals surface area contributed by atoms with Crippen LogP contribution in [0.2, 0.25) is 0 Å². The first kappa shape index (κ1) is 30.6. The molecule has 38 heavy (non-hydrogen) atoms. The number of halogens is 1. The fourth-order valence-electron chi connectivity index (χ4n) is 5.37. The van der Waals surface area contributed by atoms with Crippen LogP contribution in [-0.4, -0.2) is 56.8 Å². The maximum absolute atomic E-state index is 15.4. The number of nitrogens with one attached hydrogen (secondary N) is 1. The number of allylic oxidation sites excluding steroid dienone is 1. The summed E-state index contributed by atoms with van der Waals surface area (Å²) in [7, 11) is 0. The van der Waals surface area contributed by atoms with E-state index in [1.54, 1.807) is 25.3 Å². The second kappa shape index (κ2) is 12.5. The largest absolute Gasteiger partial charge is 0.392 e. The molecule has 3 heterocycles. The van der Waals surface area contributed by atoms with Crippen molar-refractivity contribution >= 4 is 29.1 Å². The van der Waals surface area contributed by atoms with Gasteiger partial charge in [0.25, 0.3) is 0 Å². The number of amides is 1. The minimum atomic E-state index is -1.31. The summed E-state index contributed by atoms with van der Waals surface area (Å²) in [6.07, 6.45) is 3.63. The smallest absolute Gasteiger partial charge is 0.223 e. The topological polar surface area (TPSA) is 112 Å². The lowest BCUT2D eigenvalue weighted by molar-refractivity contribution is -0.144. The number of carbonyl (C=O) groups excluding carboxylic acids is 2. The number of hydrogen-bond donors (Lipinski definition) is 3. The number of thiazole rings is 1. The van der Waals surface area contributed by atoms with Crippen LogP contribution < -0.4 is 5.32 Å². The third-order valence-electron chi connectivity index (χ3n) is 8.27. The number of aryl methyl sites for hydroxylation is 1. The number of aromatic nitrogens is 1. The second-order valence-corrected chi connectivity index (χ2v) is 12.8. The zero-order chi connectivity index (χ0) is 28.3. The Balaban J connectivity index is 1.88. The molecule has 3 N–H and O–H groups in total. The highest BCUT2D eigenvalue weighted by atomic mass is 32.1. The summed E-state index contributed by atoms with van der Waals surface area (Å²) in [5.41, 5.74) is -1.25. The monoisotopic (exact) mass is 550 g/mol. The highest BCUT2D eigenvalue weighted by Crippen LogP contribution is 2.44. The van der Waals surface area contributed by atoms with Crippen molar-refractivity contribution in [3.63, 3.8) is 0 Å². The lowest BCUT2D eigenvalue weighted by Crippen LogP contribution is -2.48. The molecule has 0 spiro atoms. The van der Waals surface area contributed by atoms with Crippen molar-refractivity contribution in [1.82, 2.24) is 10.3 Å².